The highest BCUT2D eigenvalue weighted by molar-refractivity contribution is 5.56. The Labute approximate surface area is 127 Å². The highest BCUT2D eigenvalue weighted by Gasteiger charge is 2.17. The summed E-state index contributed by atoms with van der Waals surface area (Å²) in [4.78, 5) is 4.95. The zero-order valence-corrected chi connectivity index (χ0v) is 12.6. The number of benzene rings is 2. The number of hydrogen-bond donors (Lipinski definition) is 1. The molecule has 0 amide bonds. The standard InChI is InChI=1S/C18H23N3/c1-15-4-2-5-16(12-15)14-20-8-10-21(11-9-20)18-7-3-6-17(19)13-18/h2-7,12-13H,8-11,14,19H2,1H3. The first-order valence-corrected chi connectivity index (χ1v) is 7.59. The predicted octanol–water partition coefficient (Wildman–Crippen LogP) is 2.90. The van der Waals surface area contributed by atoms with Crippen molar-refractivity contribution >= 4 is 11.4 Å². The largest absolute Gasteiger partial charge is 0.399 e. The summed E-state index contributed by atoms with van der Waals surface area (Å²) < 4.78 is 0. The van der Waals surface area contributed by atoms with Gasteiger partial charge in [-0.05, 0) is 30.7 Å². The smallest absolute Gasteiger partial charge is 0.0387 e. The summed E-state index contributed by atoms with van der Waals surface area (Å²) in [5.41, 5.74) is 10.7. The third-order valence-electron chi connectivity index (χ3n) is 4.10. The Kier molecular flexibility index (Phi) is 4.11. The van der Waals surface area contributed by atoms with E-state index in [0.29, 0.717) is 0 Å². The van der Waals surface area contributed by atoms with Crippen molar-refractivity contribution in [3.05, 3.63) is 59.7 Å². The van der Waals surface area contributed by atoms with E-state index >= 15 is 0 Å². The van der Waals surface area contributed by atoms with Crippen molar-refractivity contribution in [2.45, 2.75) is 13.5 Å². The number of nitrogens with zero attached hydrogens (tertiary/aromatic N) is 2. The molecule has 0 atom stereocenters. The van der Waals surface area contributed by atoms with Crippen molar-refractivity contribution in [3.63, 3.8) is 0 Å². The fourth-order valence-corrected chi connectivity index (χ4v) is 2.95. The molecule has 0 unspecified atom stereocenters. The van der Waals surface area contributed by atoms with Crippen LogP contribution in [0.25, 0.3) is 0 Å². The lowest BCUT2D eigenvalue weighted by Crippen LogP contribution is -2.45. The Morgan fingerprint density at radius 3 is 2.43 bits per heavy atom. The van der Waals surface area contributed by atoms with Crippen LogP contribution in [0, 0.1) is 6.92 Å². The van der Waals surface area contributed by atoms with Crippen LogP contribution in [0.15, 0.2) is 48.5 Å². The number of aryl methyl sites for hydroxylation is 1. The van der Waals surface area contributed by atoms with Gasteiger partial charge in [0.15, 0.2) is 0 Å². The molecule has 1 saturated heterocycles. The zero-order chi connectivity index (χ0) is 14.7. The molecule has 3 nitrogen and oxygen atoms in total. The van der Waals surface area contributed by atoms with Crippen LogP contribution in [0.4, 0.5) is 11.4 Å². The van der Waals surface area contributed by atoms with Crippen LogP contribution in [0.2, 0.25) is 0 Å². The first-order chi connectivity index (χ1) is 10.2. The molecule has 2 N–H and O–H groups in total. The molecular formula is C18H23N3. The first kappa shape index (κ1) is 14.0. The molecule has 0 aromatic heterocycles. The van der Waals surface area contributed by atoms with Crippen molar-refractivity contribution in [1.29, 1.82) is 0 Å². The summed E-state index contributed by atoms with van der Waals surface area (Å²) in [5.74, 6) is 0. The molecule has 110 valence electrons. The van der Waals surface area contributed by atoms with Gasteiger partial charge < -0.3 is 10.6 Å². The second-order valence-electron chi connectivity index (χ2n) is 5.85. The van der Waals surface area contributed by atoms with Crippen molar-refractivity contribution < 1.29 is 0 Å². The molecule has 1 aliphatic rings. The number of anilines is 2. The minimum atomic E-state index is 0.842. The average Bonchev–Trinajstić information content (AvgIpc) is 2.48. The van der Waals surface area contributed by atoms with Crippen LogP contribution >= 0.6 is 0 Å². The lowest BCUT2D eigenvalue weighted by atomic mass is 10.1. The van der Waals surface area contributed by atoms with Crippen LogP contribution in [-0.2, 0) is 6.54 Å². The van der Waals surface area contributed by atoms with Crippen LogP contribution < -0.4 is 10.6 Å². The third kappa shape index (κ3) is 3.56. The average molecular weight is 281 g/mol. The number of piperazine rings is 1. The molecule has 0 radical (unpaired) electrons. The van der Waals surface area contributed by atoms with E-state index in [1.54, 1.807) is 0 Å². The lowest BCUT2D eigenvalue weighted by Gasteiger charge is -2.36. The van der Waals surface area contributed by atoms with Crippen LogP contribution in [-0.4, -0.2) is 31.1 Å². The van der Waals surface area contributed by atoms with Crippen LogP contribution in [0.5, 0.6) is 0 Å². The van der Waals surface area contributed by atoms with E-state index in [1.807, 2.05) is 12.1 Å². The predicted molar refractivity (Wildman–Crippen MR) is 89.5 cm³/mol. The third-order valence-corrected chi connectivity index (χ3v) is 4.10. The van der Waals surface area contributed by atoms with Gasteiger partial charge in [0, 0.05) is 44.1 Å². The molecule has 21 heavy (non-hydrogen) atoms. The van der Waals surface area contributed by atoms with E-state index in [4.69, 9.17) is 5.73 Å². The summed E-state index contributed by atoms with van der Waals surface area (Å²) in [6, 6.07) is 17.0. The Hall–Kier alpha value is -2.00. The van der Waals surface area contributed by atoms with Gasteiger partial charge in [0.05, 0.1) is 0 Å². The molecule has 0 bridgehead atoms. The SMILES string of the molecule is Cc1cccc(CN2CCN(c3cccc(N)c3)CC2)c1. The van der Waals surface area contributed by atoms with Crippen LogP contribution in [0.3, 0.4) is 0 Å². The molecule has 0 saturated carbocycles. The number of hydrogen-bond acceptors (Lipinski definition) is 3. The molecule has 3 heteroatoms. The van der Waals surface area contributed by atoms with Gasteiger partial charge in [-0.15, -0.1) is 0 Å². The quantitative estimate of drug-likeness (QED) is 0.878. The monoisotopic (exact) mass is 281 g/mol. The summed E-state index contributed by atoms with van der Waals surface area (Å²) in [6.07, 6.45) is 0. The van der Waals surface area contributed by atoms with Gasteiger partial charge >= 0.3 is 0 Å². The van der Waals surface area contributed by atoms with Gasteiger partial charge in [0.1, 0.15) is 0 Å². The number of rotatable bonds is 3. The van der Waals surface area contributed by atoms with Gasteiger partial charge in [-0.25, -0.2) is 0 Å². The Morgan fingerprint density at radius 1 is 0.952 bits per heavy atom. The van der Waals surface area contributed by atoms with Gasteiger partial charge in [-0.1, -0.05) is 35.9 Å². The van der Waals surface area contributed by atoms with E-state index in [9.17, 15) is 0 Å². The molecule has 1 aliphatic heterocycles. The second kappa shape index (κ2) is 6.19. The lowest BCUT2D eigenvalue weighted by molar-refractivity contribution is 0.250. The highest BCUT2D eigenvalue weighted by atomic mass is 15.3. The van der Waals surface area contributed by atoms with E-state index in [2.05, 4.69) is 53.1 Å². The van der Waals surface area contributed by atoms with E-state index in [0.717, 1.165) is 38.4 Å². The molecular weight excluding hydrogens is 258 g/mol. The minimum Gasteiger partial charge on any atom is -0.399 e. The highest BCUT2D eigenvalue weighted by Crippen LogP contribution is 2.19. The van der Waals surface area contributed by atoms with Crippen LogP contribution in [0.1, 0.15) is 11.1 Å². The summed E-state index contributed by atoms with van der Waals surface area (Å²) in [7, 11) is 0. The van der Waals surface area contributed by atoms with Gasteiger partial charge in [-0.2, -0.15) is 0 Å². The Bertz CT molecular complexity index is 601. The summed E-state index contributed by atoms with van der Waals surface area (Å²) in [6.45, 7) is 7.53. The first-order valence-electron chi connectivity index (χ1n) is 7.59. The minimum absolute atomic E-state index is 0.842. The molecule has 2 aromatic rings. The number of nitrogens with two attached hydrogens (primary N) is 1. The zero-order valence-electron chi connectivity index (χ0n) is 12.6. The van der Waals surface area contributed by atoms with Crippen molar-refractivity contribution in [1.82, 2.24) is 4.90 Å². The fourth-order valence-electron chi connectivity index (χ4n) is 2.95. The Morgan fingerprint density at radius 2 is 1.71 bits per heavy atom. The molecule has 2 aromatic carbocycles. The van der Waals surface area contributed by atoms with E-state index in [1.165, 1.54) is 16.8 Å². The van der Waals surface area contributed by atoms with Crippen molar-refractivity contribution in [3.8, 4) is 0 Å². The normalized spacial score (nSPS) is 16.1. The maximum Gasteiger partial charge on any atom is 0.0387 e. The van der Waals surface area contributed by atoms with E-state index < -0.39 is 0 Å². The maximum absolute atomic E-state index is 5.87. The summed E-state index contributed by atoms with van der Waals surface area (Å²) >= 11 is 0. The topological polar surface area (TPSA) is 32.5 Å². The Balaban J connectivity index is 1.58. The van der Waals surface area contributed by atoms with Gasteiger partial charge in [0.2, 0.25) is 0 Å². The number of nitrogen functional groups attached to an aromatic ring is 1. The molecule has 3 rings (SSSR count). The van der Waals surface area contributed by atoms with Crippen molar-refractivity contribution in [2.24, 2.45) is 0 Å². The van der Waals surface area contributed by atoms with E-state index in [-0.39, 0.29) is 0 Å². The fraction of sp³-hybridized carbons (Fsp3) is 0.333. The van der Waals surface area contributed by atoms with Gasteiger partial charge in [-0.3, -0.25) is 4.90 Å². The molecule has 0 spiro atoms. The van der Waals surface area contributed by atoms with Crippen molar-refractivity contribution in [2.75, 3.05) is 36.8 Å². The molecule has 0 aliphatic carbocycles. The molecule has 1 heterocycles. The maximum atomic E-state index is 5.87. The van der Waals surface area contributed by atoms with Gasteiger partial charge in [0.25, 0.3) is 0 Å². The summed E-state index contributed by atoms with van der Waals surface area (Å²) in [5, 5.41) is 0. The second-order valence-corrected chi connectivity index (χ2v) is 5.85. The molecule has 1 fully saturated rings.